The van der Waals surface area contributed by atoms with Crippen molar-refractivity contribution in [3.63, 3.8) is 0 Å². The van der Waals surface area contributed by atoms with Crippen molar-refractivity contribution in [2.24, 2.45) is 0 Å². The van der Waals surface area contributed by atoms with E-state index in [1.807, 2.05) is 30.3 Å². The highest BCUT2D eigenvalue weighted by Gasteiger charge is 2.34. The summed E-state index contributed by atoms with van der Waals surface area (Å²) in [7, 11) is 0. The van der Waals surface area contributed by atoms with Gasteiger partial charge in [0.1, 0.15) is 6.04 Å². The van der Waals surface area contributed by atoms with Gasteiger partial charge in [-0.15, -0.1) is 0 Å². The Morgan fingerprint density at radius 3 is 2.32 bits per heavy atom. The number of aromatic nitrogens is 2. The summed E-state index contributed by atoms with van der Waals surface area (Å²) in [4.78, 5) is 27.8. The van der Waals surface area contributed by atoms with Crippen LogP contribution in [0, 0.1) is 0 Å². The molecule has 0 bridgehead atoms. The van der Waals surface area contributed by atoms with Gasteiger partial charge < -0.3 is 4.90 Å². The van der Waals surface area contributed by atoms with Gasteiger partial charge in [-0.25, -0.2) is 4.68 Å². The third-order valence-corrected chi connectivity index (χ3v) is 4.71. The Balaban J connectivity index is 1.71. The first kappa shape index (κ1) is 20.1. The van der Waals surface area contributed by atoms with E-state index in [0.29, 0.717) is 5.69 Å². The first-order valence-electron chi connectivity index (χ1n) is 8.98. The lowest BCUT2D eigenvalue weighted by Gasteiger charge is -2.36. The fraction of sp³-hybridized carbons (Fsp3) is 0.421. The van der Waals surface area contributed by atoms with E-state index in [4.69, 9.17) is 0 Å². The average Bonchev–Trinajstić information content (AvgIpc) is 2.67. The second kappa shape index (κ2) is 8.14. The van der Waals surface area contributed by atoms with Gasteiger partial charge in [-0.3, -0.25) is 14.5 Å². The summed E-state index contributed by atoms with van der Waals surface area (Å²) >= 11 is 0. The molecule has 2 heterocycles. The molecule has 1 aliphatic heterocycles. The van der Waals surface area contributed by atoms with Gasteiger partial charge in [0.15, 0.2) is 0 Å². The molecular formula is C19H21F3N4O2. The van der Waals surface area contributed by atoms with Crippen LogP contribution in [0.25, 0.3) is 11.3 Å². The second-order valence-corrected chi connectivity index (χ2v) is 6.76. The van der Waals surface area contributed by atoms with Gasteiger partial charge in [0.25, 0.3) is 5.56 Å². The number of piperazine rings is 1. The van der Waals surface area contributed by atoms with Crippen molar-refractivity contribution >= 4 is 5.91 Å². The largest absolute Gasteiger partial charge is 0.401 e. The molecule has 0 aliphatic carbocycles. The fourth-order valence-corrected chi connectivity index (χ4v) is 3.21. The standard InChI is InChI=1S/C19H21F3N4O2/c1-14(18(28)25-11-9-24(10-12-25)13-19(20,21)22)26-17(27)8-7-16(23-26)15-5-3-2-4-6-15/h2-8,14H,9-13H2,1H3. The molecule has 28 heavy (non-hydrogen) atoms. The highest BCUT2D eigenvalue weighted by atomic mass is 19.4. The van der Waals surface area contributed by atoms with Crippen LogP contribution in [0.1, 0.15) is 13.0 Å². The zero-order valence-corrected chi connectivity index (χ0v) is 15.4. The van der Waals surface area contributed by atoms with E-state index in [1.54, 1.807) is 13.0 Å². The molecule has 3 rings (SSSR count). The number of halogens is 3. The molecule has 1 aromatic heterocycles. The molecule has 0 N–H and O–H groups in total. The van der Waals surface area contributed by atoms with E-state index < -0.39 is 24.3 Å². The van der Waals surface area contributed by atoms with Crippen molar-refractivity contribution in [2.45, 2.75) is 19.1 Å². The fourth-order valence-electron chi connectivity index (χ4n) is 3.21. The Labute approximate surface area is 160 Å². The first-order valence-corrected chi connectivity index (χ1v) is 8.98. The number of carbonyl (C=O) groups excluding carboxylic acids is 1. The van der Waals surface area contributed by atoms with Crippen LogP contribution in [-0.2, 0) is 4.79 Å². The minimum atomic E-state index is -4.26. The van der Waals surface area contributed by atoms with Crippen LogP contribution in [0.3, 0.4) is 0 Å². The lowest BCUT2D eigenvalue weighted by atomic mass is 10.1. The van der Waals surface area contributed by atoms with E-state index in [-0.39, 0.29) is 32.1 Å². The summed E-state index contributed by atoms with van der Waals surface area (Å²) in [5, 5.41) is 4.32. The highest BCUT2D eigenvalue weighted by Crippen LogP contribution is 2.19. The maximum atomic E-state index is 12.8. The first-order chi connectivity index (χ1) is 13.2. The highest BCUT2D eigenvalue weighted by molar-refractivity contribution is 5.80. The van der Waals surface area contributed by atoms with Crippen molar-refractivity contribution in [3.8, 4) is 11.3 Å². The van der Waals surface area contributed by atoms with Gasteiger partial charge in [-0.2, -0.15) is 18.3 Å². The zero-order chi connectivity index (χ0) is 20.3. The third kappa shape index (κ3) is 4.78. The van der Waals surface area contributed by atoms with Crippen LogP contribution in [0.4, 0.5) is 13.2 Å². The second-order valence-electron chi connectivity index (χ2n) is 6.76. The maximum absolute atomic E-state index is 12.8. The Kier molecular flexibility index (Phi) is 5.83. The quantitative estimate of drug-likeness (QED) is 0.798. The maximum Gasteiger partial charge on any atom is 0.401 e. The molecule has 1 fully saturated rings. The summed E-state index contributed by atoms with van der Waals surface area (Å²) in [5.41, 5.74) is 0.975. The van der Waals surface area contributed by atoms with Gasteiger partial charge in [0, 0.05) is 37.8 Å². The van der Waals surface area contributed by atoms with Crippen molar-refractivity contribution in [1.82, 2.24) is 19.6 Å². The molecule has 1 unspecified atom stereocenters. The molecular weight excluding hydrogens is 373 g/mol. The Bertz CT molecular complexity index is 875. The third-order valence-electron chi connectivity index (χ3n) is 4.71. The molecule has 1 saturated heterocycles. The number of hydrogen-bond donors (Lipinski definition) is 0. The van der Waals surface area contributed by atoms with Crippen molar-refractivity contribution in [2.75, 3.05) is 32.7 Å². The van der Waals surface area contributed by atoms with Crippen molar-refractivity contribution in [1.29, 1.82) is 0 Å². The summed E-state index contributed by atoms with van der Waals surface area (Å²) in [6, 6.07) is 11.4. The summed E-state index contributed by atoms with van der Waals surface area (Å²) < 4.78 is 38.6. The SMILES string of the molecule is CC(C(=O)N1CCN(CC(F)(F)F)CC1)n1nc(-c2ccccc2)ccc1=O. The average molecular weight is 394 g/mol. The summed E-state index contributed by atoms with van der Waals surface area (Å²) in [6.07, 6.45) is -4.26. The van der Waals surface area contributed by atoms with E-state index in [0.717, 1.165) is 10.2 Å². The topological polar surface area (TPSA) is 58.4 Å². The summed E-state index contributed by atoms with van der Waals surface area (Å²) in [5.74, 6) is -0.327. The lowest BCUT2D eigenvalue weighted by Crippen LogP contribution is -2.52. The van der Waals surface area contributed by atoms with Crippen LogP contribution in [0.2, 0.25) is 0 Å². The number of hydrogen-bond acceptors (Lipinski definition) is 4. The number of benzene rings is 1. The monoisotopic (exact) mass is 394 g/mol. The lowest BCUT2D eigenvalue weighted by molar-refractivity contribution is -0.152. The van der Waals surface area contributed by atoms with Crippen molar-refractivity contribution < 1.29 is 18.0 Å². The van der Waals surface area contributed by atoms with E-state index >= 15 is 0 Å². The molecule has 1 amide bonds. The molecule has 9 heteroatoms. The molecule has 1 aliphatic rings. The number of alkyl halides is 3. The molecule has 150 valence electrons. The molecule has 1 atom stereocenters. The number of carbonyl (C=O) groups is 1. The number of nitrogens with zero attached hydrogens (tertiary/aromatic N) is 4. The van der Waals surface area contributed by atoms with Crippen LogP contribution in [0.5, 0.6) is 0 Å². The van der Waals surface area contributed by atoms with Gasteiger partial charge in [0.05, 0.1) is 12.2 Å². The minimum Gasteiger partial charge on any atom is -0.338 e. The summed E-state index contributed by atoms with van der Waals surface area (Å²) in [6.45, 7) is 1.26. The van der Waals surface area contributed by atoms with Crippen LogP contribution in [-0.4, -0.2) is 64.4 Å². The van der Waals surface area contributed by atoms with Crippen LogP contribution < -0.4 is 5.56 Å². The minimum absolute atomic E-state index is 0.143. The molecule has 0 spiro atoms. The van der Waals surface area contributed by atoms with Gasteiger partial charge in [0.2, 0.25) is 5.91 Å². The van der Waals surface area contributed by atoms with E-state index in [2.05, 4.69) is 5.10 Å². The smallest absolute Gasteiger partial charge is 0.338 e. The van der Waals surface area contributed by atoms with Gasteiger partial charge in [-0.1, -0.05) is 30.3 Å². The molecule has 0 radical (unpaired) electrons. The van der Waals surface area contributed by atoms with Crippen LogP contribution >= 0.6 is 0 Å². The number of amides is 1. The van der Waals surface area contributed by atoms with E-state index in [1.165, 1.54) is 15.9 Å². The van der Waals surface area contributed by atoms with Gasteiger partial charge >= 0.3 is 6.18 Å². The van der Waals surface area contributed by atoms with E-state index in [9.17, 15) is 22.8 Å². The predicted octanol–water partition coefficient (Wildman–Crippen LogP) is 2.18. The molecule has 1 aromatic carbocycles. The zero-order valence-electron chi connectivity index (χ0n) is 15.4. The van der Waals surface area contributed by atoms with Crippen molar-refractivity contribution in [3.05, 3.63) is 52.8 Å². The Morgan fingerprint density at radius 2 is 1.71 bits per heavy atom. The Hall–Kier alpha value is -2.68. The Morgan fingerprint density at radius 1 is 1.07 bits per heavy atom. The molecule has 2 aromatic rings. The molecule has 6 nitrogen and oxygen atoms in total. The normalized spacial score (nSPS) is 16.8. The van der Waals surface area contributed by atoms with Crippen LogP contribution in [0.15, 0.2) is 47.3 Å². The predicted molar refractivity (Wildman–Crippen MR) is 97.7 cm³/mol. The van der Waals surface area contributed by atoms with Gasteiger partial charge in [-0.05, 0) is 13.0 Å². The number of rotatable bonds is 4. The molecule has 0 saturated carbocycles.